The molecular weight excluding hydrogens is 371 g/mol. The molecule has 0 radical (unpaired) electrons. The molecule has 3 rings (SSSR count). The topological polar surface area (TPSA) is 33.6 Å². The van der Waals surface area contributed by atoms with E-state index in [-0.39, 0.29) is 11.9 Å². The zero-order valence-electron chi connectivity index (χ0n) is 16.9. The van der Waals surface area contributed by atoms with E-state index in [0.29, 0.717) is 6.61 Å². The monoisotopic (exact) mass is 400 g/mol. The Morgan fingerprint density at radius 3 is 2.82 bits per heavy atom. The Kier molecular flexibility index (Phi) is 7.37. The van der Waals surface area contributed by atoms with Crippen LogP contribution in [0.2, 0.25) is 0 Å². The Balaban J connectivity index is 1.49. The summed E-state index contributed by atoms with van der Waals surface area (Å²) < 4.78 is 19.5. The standard InChI is InChI=1S/C23H29FN2OS/c1-4-17-7-6-16(3)22(12-17)27-14-23-26-20(15-28-23)10-11-25-21-13-19(24)9-8-18(21)5-2/h6-9,12-13,20,25H,4-5,10-11,14-15H2,1-3H3. The number of benzene rings is 2. The molecule has 0 saturated carbocycles. The van der Waals surface area contributed by atoms with Crippen LogP contribution in [-0.4, -0.2) is 30.0 Å². The highest BCUT2D eigenvalue weighted by Gasteiger charge is 2.18. The molecule has 28 heavy (non-hydrogen) atoms. The summed E-state index contributed by atoms with van der Waals surface area (Å²) in [6, 6.07) is 11.6. The maximum absolute atomic E-state index is 13.5. The molecule has 1 aliphatic heterocycles. The summed E-state index contributed by atoms with van der Waals surface area (Å²) in [6.45, 7) is 7.63. The van der Waals surface area contributed by atoms with Crippen LogP contribution in [0, 0.1) is 12.7 Å². The van der Waals surface area contributed by atoms with Gasteiger partial charge in [0.15, 0.2) is 0 Å². The molecule has 1 unspecified atom stereocenters. The molecule has 3 nitrogen and oxygen atoms in total. The van der Waals surface area contributed by atoms with Crippen molar-refractivity contribution in [1.29, 1.82) is 0 Å². The van der Waals surface area contributed by atoms with E-state index in [1.54, 1.807) is 17.8 Å². The highest BCUT2D eigenvalue weighted by molar-refractivity contribution is 8.14. The van der Waals surface area contributed by atoms with Gasteiger partial charge in [-0.2, -0.15) is 0 Å². The van der Waals surface area contributed by atoms with Crippen molar-refractivity contribution >= 4 is 22.5 Å². The smallest absolute Gasteiger partial charge is 0.136 e. The number of anilines is 1. The molecule has 0 amide bonds. The second kappa shape index (κ2) is 9.97. The van der Waals surface area contributed by atoms with Gasteiger partial charge in [-0.15, -0.1) is 11.8 Å². The van der Waals surface area contributed by atoms with Crippen molar-refractivity contribution in [1.82, 2.24) is 0 Å². The largest absolute Gasteiger partial charge is 0.486 e. The number of rotatable bonds is 9. The van der Waals surface area contributed by atoms with Crippen molar-refractivity contribution in [3.05, 3.63) is 58.9 Å². The summed E-state index contributed by atoms with van der Waals surface area (Å²) in [7, 11) is 0. The van der Waals surface area contributed by atoms with Gasteiger partial charge in [-0.3, -0.25) is 4.99 Å². The number of thioether (sulfide) groups is 1. The van der Waals surface area contributed by atoms with Gasteiger partial charge >= 0.3 is 0 Å². The molecule has 0 spiro atoms. The molecule has 1 heterocycles. The first-order valence-corrected chi connectivity index (χ1v) is 11.0. The van der Waals surface area contributed by atoms with Crippen molar-refractivity contribution in [2.24, 2.45) is 4.99 Å². The summed E-state index contributed by atoms with van der Waals surface area (Å²) in [5.41, 5.74) is 4.48. The van der Waals surface area contributed by atoms with Crippen LogP contribution < -0.4 is 10.1 Å². The predicted octanol–water partition coefficient (Wildman–Crippen LogP) is 5.65. The summed E-state index contributed by atoms with van der Waals surface area (Å²) in [5, 5.41) is 4.44. The fraction of sp³-hybridized carbons (Fsp3) is 0.435. The van der Waals surface area contributed by atoms with E-state index in [0.717, 1.165) is 59.2 Å². The Morgan fingerprint density at radius 1 is 1.18 bits per heavy atom. The number of hydrogen-bond donors (Lipinski definition) is 1. The van der Waals surface area contributed by atoms with Crippen molar-refractivity contribution in [3.63, 3.8) is 0 Å². The van der Waals surface area contributed by atoms with E-state index >= 15 is 0 Å². The van der Waals surface area contributed by atoms with E-state index < -0.39 is 0 Å². The predicted molar refractivity (Wildman–Crippen MR) is 119 cm³/mol. The molecule has 2 aromatic rings. The van der Waals surface area contributed by atoms with Crippen LogP contribution >= 0.6 is 11.8 Å². The lowest BCUT2D eigenvalue weighted by atomic mass is 10.1. The minimum absolute atomic E-state index is 0.198. The molecular formula is C23H29FN2OS. The first-order valence-electron chi connectivity index (χ1n) is 10.0. The Labute approximate surface area is 171 Å². The SMILES string of the molecule is CCc1ccc(C)c(OCC2=NC(CCNc3cc(F)ccc3CC)CS2)c1. The number of halogens is 1. The first-order chi connectivity index (χ1) is 13.6. The van der Waals surface area contributed by atoms with Gasteiger partial charge in [-0.1, -0.05) is 32.0 Å². The minimum Gasteiger partial charge on any atom is -0.486 e. The lowest BCUT2D eigenvalue weighted by Crippen LogP contribution is -2.13. The van der Waals surface area contributed by atoms with Crippen LogP contribution in [0.25, 0.3) is 0 Å². The zero-order chi connectivity index (χ0) is 19.9. The lowest BCUT2D eigenvalue weighted by Gasteiger charge is -2.12. The summed E-state index contributed by atoms with van der Waals surface area (Å²) in [4.78, 5) is 4.81. The minimum atomic E-state index is -0.198. The normalized spacial score (nSPS) is 16.1. The second-order valence-corrected chi connectivity index (χ2v) is 8.19. The van der Waals surface area contributed by atoms with Crippen LogP contribution in [0.15, 0.2) is 41.4 Å². The molecule has 1 N–H and O–H groups in total. The van der Waals surface area contributed by atoms with Crippen LogP contribution in [0.5, 0.6) is 5.75 Å². The molecule has 0 aromatic heterocycles. The van der Waals surface area contributed by atoms with Gasteiger partial charge in [0, 0.05) is 18.0 Å². The van der Waals surface area contributed by atoms with Crippen LogP contribution in [0.4, 0.5) is 10.1 Å². The van der Waals surface area contributed by atoms with Crippen molar-refractivity contribution in [2.75, 3.05) is 24.2 Å². The van der Waals surface area contributed by atoms with E-state index in [1.807, 2.05) is 6.07 Å². The number of aryl methyl sites for hydroxylation is 3. The molecule has 0 aliphatic carbocycles. The van der Waals surface area contributed by atoms with Crippen LogP contribution in [0.1, 0.15) is 37.0 Å². The third-order valence-corrected chi connectivity index (χ3v) is 6.13. The molecule has 2 aromatic carbocycles. The Bertz CT molecular complexity index is 837. The number of nitrogens with one attached hydrogen (secondary N) is 1. The van der Waals surface area contributed by atoms with E-state index in [2.05, 4.69) is 44.3 Å². The highest BCUT2D eigenvalue weighted by Crippen LogP contribution is 2.24. The second-order valence-electron chi connectivity index (χ2n) is 7.10. The molecule has 5 heteroatoms. The average Bonchev–Trinajstić information content (AvgIpc) is 3.15. The number of ether oxygens (including phenoxy) is 1. The van der Waals surface area contributed by atoms with Gasteiger partial charge in [0.05, 0.1) is 6.04 Å². The molecule has 0 saturated heterocycles. The van der Waals surface area contributed by atoms with Crippen LogP contribution in [-0.2, 0) is 12.8 Å². The van der Waals surface area contributed by atoms with Crippen molar-refractivity contribution in [3.8, 4) is 5.75 Å². The summed E-state index contributed by atoms with van der Waals surface area (Å²) in [6.07, 6.45) is 2.83. The van der Waals surface area contributed by atoms with E-state index in [9.17, 15) is 4.39 Å². The van der Waals surface area contributed by atoms with Gasteiger partial charge in [0.1, 0.15) is 23.2 Å². The van der Waals surface area contributed by atoms with Gasteiger partial charge in [-0.25, -0.2) is 4.39 Å². The molecule has 1 aliphatic rings. The van der Waals surface area contributed by atoms with Crippen LogP contribution in [0.3, 0.4) is 0 Å². The summed E-state index contributed by atoms with van der Waals surface area (Å²) >= 11 is 1.78. The third-order valence-electron chi connectivity index (χ3n) is 5.03. The quantitative estimate of drug-likeness (QED) is 0.590. The average molecular weight is 401 g/mol. The fourth-order valence-electron chi connectivity index (χ4n) is 3.25. The van der Waals surface area contributed by atoms with Gasteiger partial charge in [0.2, 0.25) is 0 Å². The van der Waals surface area contributed by atoms with E-state index in [1.165, 1.54) is 11.6 Å². The third kappa shape index (κ3) is 5.51. The number of hydrogen-bond acceptors (Lipinski definition) is 4. The van der Waals surface area contributed by atoms with Crippen molar-refractivity contribution in [2.45, 2.75) is 46.1 Å². The lowest BCUT2D eigenvalue weighted by molar-refractivity contribution is 0.375. The van der Waals surface area contributed by atoms with Gasteiger partial charge < -0.3 is 10.1 Å². The van der Waals surface area contributed by atoms with E-state index in [4.69, 9.17) is 9.73 Å². The van der Waals surface area contributed by atoms with Gasteiger partial charge in [-0.05, 0) is 61.1 Å². The highest BCUT2D eigenvalue weighted by atomic mass is 32.2. The number of aliphatic imine (C=N–C) groups is 1. The number of nitrogens with zero attached hydrogens (tertiary/aromatic N) is 1. The summed E-state index contributed by atoms with van der Waals surface area (Å²) in [5.74, 6) is 1.74. The fourth-order valence-corrected chi connectivity index (χ4v) is 4.24. The van der Waals surface area contributed by atoms with Gasteiger partial charge in [0.25, 0.3) is 0 Å². The molecule has 0 bridgehead atoms. The first kappa shape index (κ1) is 20.7. The molecule has 1 atom stereocenters. The van der Waals surface area contributed by atoms with Crippen molar-refractivity contribution < 1.29 is 9.13 Å². The molecule has 150 valence electrons. The maximum atomic E-state index is 13.5. The maximum Gasteiger partial charge on any atom is 0.136 e. The Morgan fingerprint density at radius 2 is 2.04 bits per heavy atom. The molecule has 0 fully saturated rings. The Hall–Kier alpha value is -2.01. The zero-order valence-corrected chi connectivity index (χ0v) is 17.7.